The van der Waals surface area contributed by atoms with Crippen molar-refractivity contribution >= 4 is 44.6 Å². The third-order valence-electron chi connectivity index (χ3n) is 2.83. The van der Waals surface area contributed by atoms with E-state index < -0.39 is 5.82 Å². The Balaban J connectivity index is 2.04. The number of methoxy groups -OCH3 is 1. The summed E-state index contributed by atoms with van der Waals surface area (Å²) in [6.45, 7) is 1.99. The fourth-order valence-corrected chi connectivity index (χ4v) is 2.24. The summed E-state index contributed by atoms with van der Waals surface area (Å²) in [6.07, 6.45) is 0. The van der Waals surface area contributed by atoms with E-state index in [1.165, 1.54) is 13.2 Å². The second-order valence-electron chi connectivity index (χ2n) is 4.39. The second-order valence-corrected chi connectivity index (χ2v) is 5.65. The van der Waals surface area contributed by atoms with Crippen LogP contribution in [0.5, 0.6) is 5.75 Å². The molecule has 21 heavy (non-hydrogen) atoms. The van der Waals surface area contributed by atoms with Gasteiger partial charge in [-0.2, -0.15) is 0 Å². The standard InChI is InChI=1S/C15H14BrFN2OS/c1-9-7-10(3-5-12(9)16)18-15(21)19-11-4-6-14(20-2)13(17)8-11/h3-8H,1-2H3,(H2,18,19,21). The van der Waals surface area contributed by atoms with Gasteiger partial charge in [-0.05, 0) is 55.0 Å². The Morgan fingerprint density at radius 1 is 1.14 bits per heavy atom. The lowest BCUT2D eigenvalue weighted by atomic mass is 10.2. The van der Waals surface area contributed by atoms with Gasteiger partial charge >= 0.3 is 0 Å². The lowest BCUT2D eigenvalue weighted by molar-refractivity contribution is 0.387. The first-order valence-corrected chi connectivity index (χ1v) is 7.37. The zero-order valence-electron chi connectivity index (χ0n) is 11.5. The van der Waals surface area contributed by atoms with Crippen molar-refractivity contribution in [1.82, 2.24) is 0 Å². The van der Waals surface area contributed by atoms with E-state index in [0.29, 0.717) is 10.8 Å². The van der Waals surface area contributed by atoms with Crippen molar-refractivity contribution in [2.24, 2.45) is 0 Å². The highest BCUT2D eigenvalue weighted by Crippen LogP contribution is 2.22. The van der Waals surface area contributed by atoms with Crippen LogP contribution in [0, 0.1) is 12.7 Å². The molecule has 0 bridgehead atoms. The van der Waals surface area contributed by atoms with Crippen molar-refractivity contribution < 1.29 is 9.13 Å². The molecule has 0 saturated heterocycles. The van der Waals surface area contributed by atoms with Gasteiger partial charge in [-0.3, -0.25) is 0 Å². The molecule has 0 spiro atoms. The number of nitrogens with one attached hydrogen (secondary N) is 2. The average Bonchev–Trinajstić information content (AvgIpc) is 2.43. The molecule has 110 valence electrons. The summed E-state index contributed by atoms with van der Waals surface area (Å²) in [6, 6.07) is 10.4. The topological polar surface area (TPSA) is 33.3 Å². The molecule has 6 heteroatoms. The zero-order chi connectivity index (χ0) is 15.4. The largest absolute Gasteiger partial charge is 0.494 e. The monoisotopic (exact) mass is 368 g/mol. The normalized spacial score (nSPS) is 10.1. The van der Waals surface area contributed by atoms with Crippen LogP contribution in [-0.2, 0) is 0 Å². The lowest BCUT2D eigenvalue weighted by Gasteiger charge is -2.12. The maximum absolute atomic E-state index is 13.6. The lowest BCUT2D eigenvalue weighted by Crippen LogP contribution is -2.19. The number of rotatable bonds is 3. The van der Waals surface area contributed by atoms with Crippen LogP contribution in [0.3, 0.4) is 0 Å². The van der Waals surface area contributed by atoms with E-state index in [1.54, 1.807) is 12.1 Å². The average molecular weight is 369 g/mol. The van der Waals surface area contributed by atoms with Crippen LogP contribution < -0.4 is 15.4 Å². The number of aryl methyl sites for hydroxylation is 1. The number of hydrogen-bond donors (Lipinski definition) is 2. The summed E-state index contributed by atoms with van der Waals surface area (Å²) >= 11 is 8.65. The Kier molecular flexibility index (Phi) is 5.14. The summed E-state index contributed by atoms with van der Waals surface area (Å²) < 4.78 is 19.5. The van der Waals surface area contributed by atoms with Gasteiger partial charge in [0.2, 0.25) is 0 Å². The summed E-state index contributed by atoms with van der Waals surface area (Å²) in [5, 5.41) is 6.37. The molecule has 0 aromatic heterocycles. The van der Waals surface area contributed by atoms with Gasteiger partial charge in [0.15, 0.2) is 16.7 Å². The van der Waals surface area contributed by atoms with Crippen LogP contribution in [0.4, 0.5) is 15.8 Å². The van der Waals surface area contributed by atoms with Crippen LogP contribution in [0.1, 0.15) is 5.56 Å². The highest BCUT2D eigenvalue weighted by Gasteiger charge is 2.05. The fraction of sp³-hybridized carbons (Fsp3) is 0.133. The van der Waals surface area contributed by atoms with E-state index in [2.05, 4.69) is 26.6 Å². The van der Waals surface area contributed by atoms with Crippen molar-refractivity contribution in [2.45, 2.75) is 6.92 Å². The van der Waals surface area contributed by atoms with Crippen LogP contribution in [0.15, 0.2) is 40.9 Å². The Hall–Kier alpha value is -1.66. The summed E-state index contributed by atoms with van der Waals surface area (Å²) in [4.78, 5) is 0. The quantitative estimate of drug-likeness (QED) is 0.768. The van der Waals surface area contributed by atoms with Crippen LogP contribution in [-0.4, -0.2) is 12.2 Å². The Morgan fingerprint density at radius 3 is 2.33 bits per heavy atom. The maximum atomic E-state index is 13.6. The molecule has 0 heterocycles. The number of halogens is 2. The molecule has 2 aromatic rings. The third-order valence-corrected chi connectivity index (χ3v) is 3.92. The number of benzene rings is 2. The minimum atomic E-state index is -0.440. The van der Waals surface area contributed by atoms with Gasteiger partial charge < -0.3 is 15.4 Å². The zero-order valence-corrected chi connectivity index (χ0v) is 13.9. The van der Waals surface area contributed by atoms with Crippen LogP contribution >= 0.6 is 28.1 Å². The number of anilines is 2. The molecule has 0 atom stereocenters. The molecule has 0 radical (unpaired) electrons. The number of hydrogen-bond acceptors (Lipinski definition) is 2. The van der Waals surface area contributed by atoms with E-state index in [0.717, 1.165) is 15.7 Å². The molecule has 0 amide bonds. The van der Waals surface area contributed by atoms with E-state index in [4.69, 9.17) is 17.0 Å². The third kappa shape index (κ3) is 4.15. The van der Waals surface area contributed by atoms with E-state index in [9.17, 15) is 4.39 Å². The first-order valence-electron chi connectivity index (χ1n) is 6.17. The van der Waals surface area contributed by atoms with Gasteiger partial charge in [0.05, 0.1) is 7.11 Å². The van der Waals surface area contributed by atoms with Crippen molar-refractivity contribution in [2.75, 3.05) is 17.7 Å². The highest BCUT2D eigenvalue weighted by atomic mass is 79.9. The molecular formula is C15H14BrFN2OS. The number of ether oxygens (including phenoxy) is 1. The smallest absolute Gasteiger partial charge is 0.175 e. The molecule has 0 aliphatic rings. The summed E-state index contributed by atoms with van der Waals surface area (Å²) in [7, 11) is 1.42. The van der Waals surface area contributed by atoms with Gasteiger partial charge in [0, 0.05) is 21.9 Å². The van der Waals surface area contributed by atoms with Gasteiger partial charge in [0.1, 0.15) is 0 Å². The summed E-state index contributed by atoms with van der Waals surface area (Å²) in [5.74, 6) is -0.243. The van der Waals surface area contributed by atoms with Crippen molar-refractivity contribution in [3.05, 3.63) is 52.3 Å². The first-order chi connectivity index (χ1) is 9.99. The first kappa shape index (κ1) is 15.7. The molecule has 0 fully saturated rings. The van der Waals surface area contributed by atoms with Crippen LogP contribution in [0.25, 0.3) is 0 Å². The molecule has 3 nitrogen and oxygen atoms in total. The van der Waals surface area contributed by atoms with Crippen molar-refractivity contribution in [3.63, 3.8) is 0 Å². The fourth-order valence-electron chi connectivity index (χ4n) is 1.76. The Bertz CT molecular complexity index is 679. The summed E-state index contributed by atoms with van der Waals surface area (Å²) in [5.41, 5.74) is 2.51. The van der Waals surface area contributed by atoms with E-state index in [1.807, 2.05) is 25.1 Å². The molecule has 0 aliphatic carbocycles. The molecule has 2 rings (SSSR count). The predicted octanol–water partition coefficient (Wildman–Crippen LogP) is 4.71. The van der Waals surface area contributed by atoms with Crippen LogP contribution in [0.2, 0.25) is 0 Å². The SMILES string of the molecule is COc1ccc(NC(=S)Nc2ccc(Br)c(C)c2)cc1F. The molecule has 2 N–H and O–H groups in total. The van der Waals surface area contributed by atoms with Crippen molar-refractivity contribution in [3.8, 4) is 5.75 Å². The minimum Gasteiger partial charge on any atom is -0.494 e. The predicted molar refractivity (Wildman–Crippen MR) is 91.7 cm³/mol. The molecular weight excluding hydrogens is 355 g/mol. The van der Waals surface area contributed by atoms with Gasteiger partial charge in [-0.25, -0.2) is 4.39 Å². The molecule has 0 aliphatic heterocycles. The van der Waals surface area contributed by atoms with Gasteiger partial charge in [-0.1, -0.05) is 15.9 Å². The minimum absolute atomic E-state index is 0.197. The highest BCUT2D eigenvalue weighted by molar-refractivity contribution is 9.10. The molecule has 0 unspecified atom stereocenters. The van der Waals surface area contributed by atoms with Gasteiger partial charge in [-0.15, -0.1) is 0 Å². The molecule has 0 saturated carbocycles. The van der Waals surface area contributed by atoms with E-state index in [-0.39, 0.29) is 5.75 Å². The second kappa shape index (κ2) is 6.87. The number of thiocarbonyl (C=S) groups is 1. The molecule has 2 aromatic carbocycles. The Morgan fingerprint density at radius 2 is 1.76 bits per heavy atom. The maximum Gasteiger partial charge on any atom is 0.175 e. The Labute approximate surface area is 136 Å². The van der Waals surface area contributed by atoms with E-state index >= 15 is 0 Å². The van der Waals surface area contributed by atoms with Crippen molar-refractivity contribution in [1.29, 1.82) is 0 Å². The van der Waals surface area contributed by atoms with Gasteiger partial charge in [0.25, 0.3) is 0 Å².